The first kappa shape index (κ1) is 22.9. The fourth-order valence-electron chi connectivity index (χ4n) is 4.13. The molecule has 1 atom stereocenters. The number of hydrogen-bond donors (Lipinski definition) is 1. The van der Waals surface area contributed by atoms with Crippen LogP contribution in [0.5, 0.6) is 0 Å². The van der Waals surface area contributed by atoms with Gasteiger partial charge < -0.3 is 10.2 Å². The van der Waals surface area contributed by atoms with Gasteiger partial charge in [0.05, 0.1) is 6.42 Å². The zero-order valence-electron chi connectivity index (χ0n) is 17.9. The van der Waals surface area contributed by atoms with Crippen LogP contribution < -0.4 is 5.32 Å². The quantitative estimate of drug-likeness (QED) is 0.659. The Morgan fingerprint density at radius 1 is 0.935 bits per heavy atom. The second kappa shape index (κ2) is 11.0. The summed E-state index contributed by atoms with van der Waals surface area (Å²) in [6.07, 6.45) is 5.85. The second-order valence-electron chi connectivity index (χ2n) is 8.22. The number of nitrogens with zero attached hydrogens (tertiary/aromatic N) is 1. The molecule has 2 amide bonds. The smallest absolute Gasteiger partial charge is 0.243 e. The Morgan fingerprint density at radius 2 is 1.48 bits per heavy atom. The van der Waals surface area contributed by atoms with Crippen LogP contribution in [0.25, 0.3) is 0 Å². The van der Waals surface area contributed by atoms with Crippen molar-refractivity contribution >= 4 is 11.8 Å². The number of hydrogen-bond acceptors (Lipinski definition) is 2. The number of rotatable bonds is 8. The lowest BCUT2D eigenvalue weighted by atomic mass is 9.95. The monoisotopic (exact) mass is 428 g/mol. The molecule has 2 aromatic rings. The van der Waals surface area contributed by atoms with Crippen LogP contribution in [0.2, 0.25) is 0 Å². The molecule has 4 nitrogen and oxygen atoms in total. The van der Waals surface area contributed by atoms with E-state index in [2.05, 4.69) is 5.32 Å². The van der Waals surface area contributed by atoms with Gasteiger partial charge in [-0.1, -0.05) is 50.5 Å². The molecule has 1 aliphatic rings. The first-order valence-corrected chi connectivity index (χ1v) is 11.0. The molecule has 0 saturated heterocycles. The molecule has 1 aliphatic carbocycles. The van der Waals surface area contributed by atoms with Crippen molar-refractivity contribution in [1.82, 2.24) is 10.2 Å². The summed E-state index contributed by atoms with van der Waals surface area (Å²) in [6.45, 7) is 2.09. The molecule has 166 valence electrons. The van der Waals surface area contributed by atoms with Gasteiger partial charge >= 0.3 is 0 Å². The average molecular weight is 429 g/mol. The number of carbonyl (C=O) groups excluding carboxylic acids is 2. The van der Waals surface area contributed by atoms with Crippen LogP contribution in [-0.4, -0.2) is 28.8 Å². The van der Waals surface area contributed by atoms with Gasteiger partial charge in [-0.3, -0.25) is 9.59 Å². The fourth-order valence-corrected chi connectivity index (χ4v) is 4.13. The Kier molecular flexibility index (Phi) is 8.15. The largest absolute Gasteiger partial charge is 0.352 e. The Labute approximate surface area is 182 Å². The van der Waals surface area contributed by atoms with E-state index in [9.17, 15) is 18.4 Å². The van der Waals surface area contributed by atoms with Gasteiger partial charge in [-0.2, -0.15) is 0 Å². The number of benzene rings is 2. The molecule has 0 aliphatic heterocycles. The second-order valence-corrected chi connectivity index (χ2v) is 8.22. The normalized spacial score (nSPS) is 15.3. The lowest BCUT2D eigenvalue weighted by molar-refractivity contribution is -0.141. The zero-order valence-corrected chi connectivity index (χ0v) is 17.9. The standard InChI is InChI=1S/C25H30F2N2O2/c1-2-23(25(31)28-22-6-4-3-5-7-22)29(17-19-10-14-21(27)15-11-19)24(30)16-18-8-12-20(26)13-9-18/h8-15,22-23H,2-7,16-17H2,1H3,(H,28,31)/t23-/m0/s1. The van der Waals surface area contributed by atoms with Crippen molar-refractivity contribution in [3.63, 3.8) is 0 Å². The highest BCUT2D eigenvalue weighted by Gasteiger charge is 2.30. The number of carbonyl (C=O) groups is 2. The molecule has 0 heterocycles. The summed E-state index contributed by atoms with van der Waals surface area (Å²) in [4.78, 5) is 27.9. The van der Waals surface area contributed by atoms with Gasteiger partial charge in [-0.05, 0) is 54.7 Å². The van der Waals surface area contributed by atoms with Crippen LogP contribution in [0.15, 0.2) is 48.5 Å². The first-order chi connectivity index (χ1) is 15.0. The lowest BCUT2D eigenvalue weighted by Crippen LogP contribution is -2.51. The molecule has 0 unspecified atom stereocenters. The van der Waals surface area contributed by atoms with Crippen LogP contribution in [-0.2, 0) is 22.6 Å². The molecule has 0 bridgehead atoms. The maximum Gasteiger partial charge on any atom is 0.243 e. The van der Waals surface area contributed by atoms with Crippen molar-refractivity contribution in [2.75, 3.05) is 0 Å². The van der Waals surface area contributed by atoms with Gasteiger partial charge in [-0.25, -0.2) is 8.78 Å². The van der Waals surface area contributed by atoms with E-state index in [1.54, 1.807) is 29.2 Å². The molecule has 2 aromatic carbocycles. The molecule has 0 radical (unpaired) electrons. The van der Waals surface area contributed by atoms with Crippen LogP contribution in [0.1, 0.15) is 56.6 Å². The van der Waals surface area contributed by atoms with Crippen molar-refractivity contribution < 1.29 is 18.4 Å². The molecular formula is C25H30F2N2O2. The van der Waals surface area contributed by atoms with Crippen molar-refractivity contribution in [2.24, 2.45) is 0 Å². The number of halogens is 2. The first-order valence-electron chi connectivity index (χ1n) is 11.0. The molecule has 0 aromatic heterocycles. The number of nitrogens with one attached hydrogen (secondary N) is 1. The molecule has 6 heteroatoms. The van der Waals surface area contributed by atoms with Gasteiger partial charge in [0.25, 0.3) is 0 Å². The minimum Gasteiger partial charge on any atom is -0.352 e. The van der Waals surface area contributed by atoms with E-state index in [0.717, 1.165) is 31.2 Å². The van der Waals surface area contributed by atoms with Crippen molar-refractivity contribution in [3.05, 3.63) is 71.3 Å². The predicted molar refractivity (Wildman–Crippen MR) is 116 cm³/mol. The van der Waals surface area contributed by atoms with Crippen molar-refractivity contribution in [1.29, 1.82) is 0 Å². The minimum absolute atomic E-state index is 0.0642. The van der Waals surface area contributed by atoms with E-state index in [-0.39, 0.29) is 42.5 Å². The molecule has 1 fully saturated rings. The van der Waals surface area contributed by atoms with Gasteiger partial charge in [0.1, 0.15) is 17.7 Å². The third kappa shape index (κ3) is 6.61. The molecule has 31 heavy (non-hydrogen) atoms. The Hall–Kier alpha value is -2.76. The summed E-state index contributed by atoms with van der Waals surface area (Å²) in [5, 5.41) is 3.13. The zero-order chi connectivity index (χ0) is 22.2. The Balaban J connectivity index is 1.79. The summed E-state index contributed by atoms with van der Waals surface area (Å²) in [5.74, 6) is -1.08. The summed E-state index contributed by atoms with van der Waals surface area (Å²) in [5.41, 5.74) is 1.43. The van der Waals surface area contributed by atoms with Gasteiger partial charge in [0, 0.05) is 12.6 Å². The van der Waals surface area contributed by atoms with Crippen LogP contribution in [0.3, 0.4) is 0 Å². The third-order valence-corrected chi connectivity index (χ3v) is 5.87. The van der Waals surface area contributed by atoms with Gasteiger partial charge in [0.15, 0.2) is 0 Å². The Morgan fingerprint density at radius 3 is 2.03 bits per heavy atom. The fraction of sp³-hybridized carbons (Fsp3) is 0.440. The number of amides is 2. The highest BCUT2D eigenvalue weighted by Crippen LogP contribution is 2.20. The van der Waals surface area contributed by atoms with E-state index in [4.69, 9.17) is 0 Å². The van der Waals surface area contributed by atoms with Gasteiger partial charge in [-0.15, -0.1) is 0 Å². The summed E-state index contributed by atoms with van der Waals surface area (Å²) < 4.78 is 26.6. The van der Waals surface area contributed by atoms with Gasteiger partial charge in [0.2, 0.25) is 11.8 Å². The van der Waals surface area contributed by atoms with E-state index >= 15 is 0 Å². The summed E-state index contributed by atoms with van der Waals surface area (Å²) in [7, 11) is 0. The topological polar surface area (TPSA) is 49.4 Å². The molecule has 0 spiro atoms. The average Bonchev–Trinajstić information content (AvgIpc) is 2.77. The molecule has 3 rings (SSSR count). The van der Waals surface area contributed by atoms with E-state index in [1.807, 2.05) is 6.92 Å². The SMILES string of the molecule is CC[C@@H](C(=O)NC1CCCCC1)N(Cc1ccc(F)cc1)C(=O)Cc1ccc(F)cc1. The van der Waals surface area contributed by atoms with Crippen molar-refractivity contribution in [3.8, 4) is 0 Å². The lowest BCUT2D eigenvalue weighted by Gasteiger charge is -2.33. The van der Waals surface area contributed by atoms with E-state index in [1.165, 1.54) is 30.7 Å². The maximum atomic E-state index is 13.3. The van der Waals surface area contributed by atoms with E-state index in [0.29, 0.717) is 12.0 Å². The van der Waals surface area contributed by atoms with Crippen LogP contribution in [0, 0.1) is 11.6 Å². The summed E-state index contributed by atoms with van der Waals surface area (Å²) >= 11 is 0. The van der Waals surface area contributed by atoms with Crippen LogP contribution >= 0.6 is 0 Å². The highest BCUT2D eigenvalue weighted by atomic mass is 19.1. The Bertz CT molecular complexity index is 862. The molecule has 1 saturated carbocycles. The maximum absolute atomic E-state index is 13.3. The van der Waals surface area contributed by atoms with Crippen molar-refractivity contribution in [2.45, 2.75) is 70.5 Å². The third-order valence-electron chi connectivity index (χ3n) is 5.87. The minimum atomic E-state index is -0.625. The molecular weight excluding hydrogens is 398 g/mol. The molecule has 1 N–H and O–H groups in total. The van der Waals surface area contributed by atoms with E-state index < -0.39 is 6.04 Å². The summed E-state index contributed by atoms with van der Waals surface area (Å²) in [6, 6.07) is 11.3. The van der Waals surface area contributed by atoms with Crippen LogP contribution in [0.4, 0.5) is 8.78 Å². The highest BCUT2D eigenvalue weighted by molar-refractivity contribution is 5.88. The predicted octanol–water partition coefficient (Wildman–Crippen LogP) is 4.76.